The molecule has 6 heteroatoms. The van der Waals surface area contributed by atoms with Gasteiger partial charge in [-0.3, -0.25) is 9.59 Å². The van der Waals surface area contributed by atoms with Crippen LogP contribution in [0.4, 0.5) is 0 Å². The van der Waals surface area contributed by atoms with Gasteiger partial charge in [-0.1, -0.05) is 261 Å². The van der Waals surface area contributed by atoms with Gasteiger partial charge in [0.05, 0.1) is 25.2 Å². The van der Waals surface area contributed by atoms with Crippen LogP contribution in [0.25, 0.3) is 0 Å². The van der Waals surface area contributed by atoms with Crippen LogP contribution in [-0.4, -0.2) is 46.9 Å². The predicted octanol–water partition coefficient (Wildman–Crippen LogP) is 17.0. The fourth-order valence-corrected chi connectivity index (χ4v) is 8.22. The summed E-state index contributed by atoms with van der Waals surface area (Å²) in [5, 5.41) is 23.8. The Morgan fingerprint density at radius 2 is 0.846 bits per heavy atom. The number of hydrogen-bond donors (Lipinski definition) is 3. The summed E-state index contributed by atoms with van der Waals surface area (Å²) in [6, 6.07) is -0.724. The number of aliphatic hydroxyl groups excluding tert-OH is 2. The SMILES string of the molecule is CC/C=C/C=C/C=C\C=C/C=C/CCCC(=O)OC(CCCCC/C=C/CCCCCCCCCCC)CC(=O)NC(CO)C(O)CCCCCCCCCCCCCCCCCCC. The van der Waals surface area contributed by atoms with Crippen LogP contribution < -0.4 is 5.32 Å². The van der Waals surface area contributed by atoms with E-state index < -0.39 is 18.2 Å². The molecule has 3 atom stereocenters. The third kappa shape index (κ3) is 47.6. The number of rotatable bonds is 49. The van der Waals surface area contributed by atoms with Crippen molar-refractivity contribution in [3.8, 4) is 0 Å². The highest BCUT2D eigenvalue weighted by molar-refractivity contribution is 5.77. The molecule has 0 bridgehead atoms. The Morgan fingerprint density at radius 3 is 1.31 bits per heavy atom. The molecule has 1 amide bonds. The van der Waals surface area contributed by atoms with Crippen molar-refractivity contribution in [3.05, 3.63) is 72.9 Å². The number of ether oxygens (including phenoxy) is 1. The van der Waals surface area contributed by atoms with Crippen molar-refractivity contribution in [1.29, 1.82) is 0 Å². The highest BCUT2D eigenvalue weighted by Crippen LogP contribution is 2.18. The summed E-state index contributed by atoms with van der Waals surface area (Å²) < 4.78 is 5.90. The number of allylic oxidation sites excluding steroid dienone is 12. The number of unbranched alkanes of at least 4 members (excludes halogenated alkanes) is 29. The molecule has 0 aliphatic rings. The standard InChI is InChI=1S/C59H105NO5/c1-4-7-10-13-16-19-22-25-27-29-31-34-36-39-42-45-48-51-57(62)56(54-61)60-58(63)53-55(50-47-44-41-38-35-33-30-28-26-23-20-17-14-11-8-5-2)65-59(64)52-49-46-43-40-37-32-24-21-18-15-12-9-6-3/h9,12,15,18,21,24,32-33,35,37,40,43,55-57,61-62H,4-8,10-11,13-14,16-17,19-20,22-23,25-31,34,36,38-39,41-42,44-54H2,1-3H3,(H,60,63)/b12-9+,18-15+,24-21-,35-33+,37-32-,43-40+. The van der Waals surface area contributed by atoms with Crippen LogP contribution in [0.5, 0.6) is 0 Å². The maximum Gasteiger partial charge on any atom is 0.306 e. The number of amides is 1. The maximum atomic E-state index is 13.2. The predicted molar refractivity (Wildman–Crippen MR) is 282 cm³/mol. The van der Waals surface area contributed by atoms with E-state index >= 15 is 0 Å². The van der Waals surface area contributed by atoms with Crippen molar-refractivity contribution in [2.75, 3.05) is 6.61 Å². The van der Waals surface area contributed by atoms with Crippen LogP contribution in [0.15, 0.2) is 72.9 Å². The molecule has 0 heterocycles. The van der Waals surface area contributed by atoms with E-state index in [0.29, 0.717) is 25.7 Å². The molecule has 0 aliphatic carbocycles. The van der Waals surface area contributed by atoms with Gasteiger partial charge in [0.25, 0.3) is 0 Å². The van der Waals surface area contributed by atoms with Crippen molar-refractivity contribution < 1.29 is 24.5 Å². The Balaban J connectivity index is 4.63. The van der Waals surface area contributed by atoms with Gasteiger partial charge in [0.15, 0.2) is 0 Å². The zero-order chi connectivity index (χ0) is 47.4. The smallest absolute Gasteiger partial charge is 0.306 e. The summed E-state index contributed by atoms with van der Waals surface area (Å²) in [6.45, 7) is 6.34. The van der Waals surface area contributed by atoms with Gasteiger partial charge in [-0.05, 0) is 64.2 Å². The molecule has 0 aromatic rings. The van der Waals surface area contributed by atoms with Crippen molar-refractivity contribution in [2.24, 2.45) is 0 Å². The highest BCUT2D eigenvalue weighted by Gasteiger charge is 2.24. The van der Waals surface area contributed by atoms with Crippen LogP contribution in [0.1, 0.15) is 265 Å². The van der Waals surface area contributed by atoms with Crippen LogP contribution in [-0.2, 0) is 14.3 Å². The fraction of sp³-hybridized carbons (Fsp3) is 0.763. The van der Waals surface area contributed by atoms with Crippen molar-refractivity contribution in [1.82, 2.24) is 5.32 Å². The molecule has 376 valence electrons. The van der Waals surface area contributed by atoms with Crippen LogP contribution >= 0.6 is 0 Å². The van der Waals surface area contributed by atoms with Crippen LogP contribution in [0, 0.1) is 0 Å². The molecular formula is C59H105NO5. The summed E-state index contributed by atoms with van der Waals surface area (Å²) in [4.78, 5) is 26.2. The molecule has 0 saturated heterocycles. The zero-order valence-corrected chi connectivity index (χ0v) is 42.9. The fourth-order valence-electron chi connectivity index (χ4n) is 8.22. The van der Waals surface area contributed by atoms with E-state index in [4.69, 9.17) is 4.74 Å². The highest BCUT2D eigenvalue weighted by atomic mass is 16.5. The first kappa shape index (κ1) is 62.3. The lowest BCUT2D eigenvalue weighted by Crippen LogP contribution is -2.46. The lowest BCUT2D eigenvalue weighted by atomic mass is 10.0. The number of esters is 1. The van der Waals surface area contributed by atoms with Gasteiger partial charge >= 0.3 is 5.97 Å². The Labute approximate surface area is 402 Å². The first-order valence-corrected chi connectivity index (χ1v) is 27.7. The molecule has 0 radical (unpaired) electrons. The summed E-state index contributed by atoms with van der Waals surface area (Å²) >= 11 is 0. The topological polar surface area (TPSA) is 95.9 Å². The Bertz CT molecular complexity index is 1200. The molecule has 6 nitrogen and oxygen atoms in total. The number of carbonyl (C=O) groups is 2. The summed E-state index contributed by atoms with van der Waals surface area (Å²) in [6.07, 6.45) is 66.9. The number of hydrogen-bond acceptors (Lipinski definition) is 5. The van der Waals surface area contributed by atoms with E-state index in [1.54, 1.807) is 0 Å². The molecule has 0 aromatic heterocycles. The molecule has 0 aliphatic heterocycles. The Kier molecular flexibility index (Phi) is 50.1. The second kappa shape index (κ2) is 52.3. The third-order valence-corrected chi connectivity index (χ3v) is 12.4. The van der Waals surface area contributed by atoms with Gasteiger partial charge in [0.2, 0.25) is 5.91 Å². The van der Waals surface area contributed by atoms with Gasteiger partial charge in [-0.2, -0.15) is 0 Å². The molecule has 3 N–H and O–H groups in total. The molecule has 0 aromatic carbocycles. The average Bonchev–Trinajstić information content (AvgIpc) is 3.30. The zero-order valence-electron chi connectivity index (χ0n) is 42.9. The molecular weight excluding hydrogens is 803 g/mol. The van der Waals surface area contributed by atoms with Gasteiger partial charge in [-0.25, -0.2) is 0 Å². The molecule has 0 spiro atoms. The Hall–Kier alpha value is -2.70. The number of aliphatic hydroxyl groups is 2. The second-order valence-corrected chi connectivity index (χ2v) is 18.7. The Morgan fingerprint density at radius 1 is 0.462 bits per heavy atom. The minimum absolute atomic E-state index is 0.0367. The molecule has 0 fully saturated rings. The lowest BCUT2D eigenvalue weighted by Gasteiger charge is -2.24. The third-order valence-electron chi connectivity index (χ3n) is 12.4. The summed E-state index contributed by atoms with van der Waals surface area (Å²) in [5.74, 6) is -0.574. The first-order valence-electron chi connectivity index (χ1n) is 27.7. The molecule has 3 unspecified atom stereocenters. The maximum absolute atomic E-state index is 13.2. The lowest BCUT2D eigenvalue weighted by molar-refractivity contribution is -0.151. The monoisotopic (exact) mass is 908 g/mol. The van der Waals surface area contributed by atoms with Gasteiger partial charge in [0.1, 0.15) is 6.10 Å². The summed E-state index contributed by atoms with van der Waals surface area (Å²) in [7, 11) is 0. The van der Waals surface area contributed by atoms with Crippen molar-refractivity contribution in [3.63, 3.8) is 0 Å². The molecule has 0 saturated carbocycles. The van der Waals surface area contributed by atoms with E-state index in [-0.39, 0.29) is 24.9 Å². The van der Waals surface area contributed by atoms with Gasteiger partial charge in [-0.15, -0.1) is 0 Å². The van der Waals surface area contributed by atoms with E-state index in [0.717, 1.165) is 64.2 Å². The van der Waals surface area contributed by atoms with Gasteiger partial charge in [0, 0.05) is 6.42 Å². The van der Waals surface area contributed by atoms with Crippen LogP contribution in [0.3, 0.4) is 0 Å². The number of nitrogens with one attached hydrogen (secondary N) is 1. The van der Waals surface area contributed by atoms with Crippen molar-refractivity contribution in [2.45, 2.75) is 283 Å². The minimum atomic E-state index is -0.807. The van der Waals surface area contributed by atoms with E-state index in [1.807, 2.05) is 54.7 Å². The van der Waals surface area contributed by atoms with E-state index in [2.05, 4.69) is 44.3 Å². The molecule has 0 rings (SSSR count). The summed E-state index contributed by atoms with van der Waals surface area (Å²) in [5.41, 5.74) is 0. The quantitative estimate of drug-likeness (QED) is 0.0245. The van der Waals surface area contributed by atoms with Crippen molar-refractivity contribution >= 4 is 11.9 Å². The first-order chi connectivity index (χ1) is 32.0. The largest absolute Gasteiger partial charge is 0.462 e. The van der Waals surface area contributed by atoms with E-state index in [1.165, 1.54) is 148 Å². The average molecular weight is 908 g/mol. The van der Waals surface area contributed by atoms with E-state index in [9.17, 15) is 19.8 Å². The second-order valence-electron chi connectivity index (χ2n) is 18.7. The number of carbonyl (C=O) groups excluding carboxylic acids is 2. The normalized spacial score (nSPS) is 13.7. The van der Waals surface area contributed by atoms with Gasteiger partial charge < -0.3 is 20.3 Å². The van der Waals surface area contributed by atoms with Crippen LogP contribution in [0.2, 0.25) is 0 Å². The minimum Gasteiger partial charge on any atom is -0.462 e. The molecule has 65 heavy (non-hydrogen) atoms.